The number of thioether (sulfide) groups is 1. The number of hydrogen-bond donors (Lipinski definition) is 1. The van der Waals surface area contributed by atoms with Crippen LogP contribution in [0, 0.1) is 0 Å². The number of hydrogen-bond acceptors (Lipinski definition) is 3. The fourth-order valence-electron chi connectivity index (χ4n) is 2.16. The van der Waals surface area contributed by atoms with E-state index in [0.29, 0.717) is 11.8 Å². The highest BCUT2D eigenvalue weighted by molar-refractivity contribution is 8.00. The zero-order valence-corrected chi connectivity index (χ0v) is 12.5. The van der Waals surface area contributed by atoms with E-state index in [2.05, 4.69) is 36.5 Å². The summed E-state index contributed by atoms with van der Waals surface area (Å²) in [5.41, 5.74) is 1.27. The molecule has 0 bridgehead atoms. The van der Waals surface area contributed by atoms with Crippen LogP contribution in [0.1, 0.15) is 25.3 Å². The van der Waals surface area contributed by atoms with Gasteiger partial charge in [-0.25, -0.2) is 0 Å². The van der Waals surface area contributed by atoms with Crippen molar-refractivity contribution in [1.82, 2.24) is 10.2 Å². The van der Waals surface area contributed by atoms with Gasteiger partial charge in [0.25, 0.3) is 0 Å². The maximum atomic E-state index is 12.1. The predicted octanol–water partition coefficient (Wildman–Crippen LogP) is 2.51. The van der Waals surface area contributed by atoms with Gasteiger partial charge in [0.1, 0.15) is 0 Å². The van der Waals surface area contributed by atoms with Crippen molar-refractivity contribution in [3.05, 3.63) is 29.8 Å². The van der Waals surface area contributed by atoms with E-state index in [1.165, 1.54) is 23.3 Å². The first kappa shape index (κ1) is 14.4. The van der Waals surface area contributed by atoms with Crippen molar-refractivity contribution in [2.45, 2.75) is 37.2 Å². The molecule has 1 saturated carbocycles. The van der Waals surface area contributed by atoms with E-state index in [4.69, 9.17) is 0 Å². The molecule has 2 rings (SSSR count). The second-order valence-electron chi connectivity index (χ2n) is 4.87. The Labute approximate surface area is 119 Å². The number of rotatable bonds is 7. The number of carbonyl (C=O) groups is 1. The van der Waals surface area contributed by atoms with E-state index >= 15 is 0 Å². The van der Waals surface area contributed by atoms with Crippen molar-refractivity contribution in [2.24, 2.45) is 0 Å². The third-order valence-electron chi connectivity index (χ3n) is 3.32. The Morgan fingerprint density at radius 2 is 2.05 bits per heavy atom. The van der Waals surface area contributed by atoms with Crippen LogP contribution in [0.5, 0.6) is 0 Å². The first-order chi connectivity index (χ1) is 9.24. The Morgan fingerprint density at radius 1 is 1.37 bits per heavy atom. The van der Waals surface area contributed by atoms with Crippen molar-refractivity contribution in [1.29, 1.82) is 0 Å². The van der Waals surface area contributed by atoms with E-state index in [9.17, 15) is 4.79 Å². The van der Waals surface area contributed by atoms with Crippen LogP contribution >= 0.6 is 11.8 Å². The van der Waals surface area contributed by atoms with Gasteiger partial charge in [-0.3, -0.25) is 4.79 Å². The normalized spacial score (nSPS) is 14.4. The van der Waals surface area contributed by atoms with E-state index in [0.717, 1.165) is 13.1 Å². The average Bonchev–Trinajstić information content (AvgIpc) is 3.24. The summed E-state index contributed by atoms with van der Waals surface area (Å²) in [6.07, 6.45) is 2.37. The summed E-state index contributed by atoms with van der Waals surface area (Å²) in [6, 6.07) is 8.94. The third-order valence-corrected chi connectivity index (χ3v) is 4.31. The van der Waals surface area contributed by atoms with Gasteiger partial charge in [-0.05, 0) is 44.5 Å². The van der Waals surface area contributed by atoms with Gasteiger partial charge >= 0.3 is 0 Å². The first-order valence-electron chi connectivity index (χ1n) is 6.90. The smallest absolute Gasteiger partial charge is 0.233 e. The van der Waals surface area contributed by atoms with Gasteiger partial charge in [-0.15, -0.1) is 11.8 Å². The molecule has 0 unspecified atom stereocenters. The SMILES string of the molecule is CCN(C(=O)CSc1ccc(CNC)cc1)C1CC1. The highest BCUT2D eigenvalue weighted by Gasteiger charge is 2.30. The van der Waals surface area contributed by atoms with Crippen molar-refractivity contribution < 1.29 is 4.79 Å². The molecule has 104 valence electrons. The molecule has 1 aliphatic carbocycles. The zero-order chi connectivity index (χ0) is 13.7. The molecular weight excluding hydrogens is 256 g/mol. The molecule has 0 atom stereocenters. The summed E-state index contributed by atoms with van der Waals surface area (Å²) in [6.45, 7) is 3.79. The number of carbonyl (C=O) groups excluding carboxylic acids is 1. The fourth-order valence-corrected chi connectivity index (χ4v) is 2.94. The monoisotopic (exact) mass is 278 g/mol. The maximum Gasteiger partial charge on any atom is 0.233 e. The molecule has 0 radical (unpaired) electrons. The van der Waals surface area contributed by atoms with E-state index in [-0.39, 0.29) is 5.91 Å². The Balaban J connectivity index is 1.82. The van der Waals surface area contributed by atoms with Crippen LogP contribution in [0.25, 0.3) is 0 Å². The largest absolute Gasteiger partial charge is 0.339 e. The molecule has 1 aromatic carbocycles. The second kappa shape index (κ2) is 6.96. The van der Waals surface area contributed by atoms with E-state index in [1.807, 2.05) is 11.9 Å². The Morgan fingerprint density at radius 3 is 2.58 bits per heavy atom. The van der Waals surface area contributed by atoms with Crippen LogP contribution in [0.2, 0.25) is 0 Å². The van der Waals surface area contributed by atoms with E-state index in [1.54, 1.807) is 11.8 Å². The Kier molecular flexibility index (Phi) is 5.28. The van der Waals surface area contributed by atoms with Gasteiger partial charge in [0.2, 0.25) is 5.91 Å². The van der Waals surface area contributed by atoms with Crippen molar-refractivity contribution in [3.8, 4) is 0 Å². The third kappa shape index (κ3) is 4.25. The van der Waals surface area contributed by atoms with Gasteiger partial charge in [0.05, 0.1) is 5.75 Å². The van der Waals surface area contributed by atoms with Gasteiger partial charge < -0.3 is 10.2 Å². The van der Waals surface area contributed by atoms with Crippen molar-refractivity contribution in [2.75, 3.05) is 19.3 Å². The second-order valence-corrected chi connectivity index (χ2v) is 5.92. The van der Waals surface area contributed by atoms with Crippen LogP contribution in [0.3, 0.4) is 0 Å². The van der Waals surface area contributed by atoms with Crippen LogP contribution < -0.4 is 5.32 Å². The molecule has 4 heteroatoms. The minimum absolute atomic E-state index is 0.273. The van der Waals surface area contributed by atoms with Gasteiger partial charge in [-0.1, -0.05) is 12.1 Å². The topological polar surface area (TPSA) is 32.3 Å². The van der Waals surface area contributed by atoms with Crippen LogP contribution in [0.15, 0.2) is 29.2 Å². The molecule has 0 saturated heterocycles. The molecule has 0 spiro atoms. The van der Waals surface area contributed by atoms with Crippen LogP contribution in [-0.4, -0.2) is 36.2 Å². The lowest BCUT2D eigenvalue weighted by Crippen LogP contribution is -2.34. The minimum atomic E-state index is 0.273. The predicted molar refractivity (Wildman–Crippen MR) is 80.3 cm³/mol. The zero-order valence-electron chi connectivity index (χ0n) is 11.7. The van der Waals surface area contributed by atoms with Gasteiger partial charge in [0, 0.05) is 24.0 Å². The molecule has 0 aliphatic heterocycles. The summed E-state index contributed by atoms with van der Waals surface area (Å²) in [7, 11) is 1.94. The van der Waals surface area contributed by atoms with Gasteiger partial charge in [-0.2, -0.15) is 0 Å². The van der Waals surface area contributed by atoms with Gasteiger partial charge in [0.15, 0.2) is 0 Å². The number of benzene rings is 1. The fraction of sp³-hybridized carbons (Fsp3) is 0.533. The standard InChI is InChI=1S/C15H22N2OS/c1-3-17(13-6-7-13)15(18)11-19-14-8-4-12(5-9-14)10-16-2/h4-5,8-9,13,16H,3,6-7,10-11H2,1-2H3. The Bertz CT molecular complexity index is 415. The molecule has 3 nitrogen and oxygen atoms in total. The lowest BCUT2D eigenvalue weighted by Gasteiger charge is -2.20. The summed E-state index contributed by atoms with van der Waals surface area (Å²) >= 11 is 1.63. The molecule has 1 amide bonds. The summed E-state index contributed by atoms with van der Waals surface area (Å²) in [5, 5.41) is 3.13. The molecule has 1 N–H and O–H groups in total. The molecule has 0 aromatic heterocycles. The molecule has 1 aromatic rings. The lowest BCUT2D eigenvalue weighted by molar-refractivity contribution is -0.128. The average molecular weight is 278 g/mol. The van der Waals surface area contributed by atoms with Crippen LogP contribution in [0.4, 0.5) is 0 Å². The highest BCUT2D eigenvalue weighted by Crippen LogP contribution is 2.28. The molecule has 1 fully saturated rings. The highest BCUT2D eigenvalue weighted by atomic mass is 32.2. The van der Waals surface area contributed by atoms with Crippen molar-refractivity contribution in [3.63, 3.8) is 0 Å². The summed E-state index contributed by atoms with van der Waals surface area (Å²) in [5.74, 6) is 0.824. The van der Waals surface area contributed by atoms with Crippen LogP contribution in [-0.2, 0) is 11.3 Å². The first-order valence-corrected chi connectivity index (χ1v) is 7.89. The molecule has 0 heterocycles. The van der Waals surface area contributed by atoms with E-state index < -0.39 is 0 Å². The van der Waals surface area contributed by atoms with Crippen molar-refractivity contribution >= 4 is 17.7 Å². The molecule has 19 heavy (non-hydrogen) atoms. The number of nitrogens with zero attached hydrogens (tertiary/aromatic N) is 1. The number of nitrogens with one attached hydrogen (secondary N) is 1. The summed E-state index contributed by atoms with van der Waals surface area (Å²) < 4.78 is 0. The Hall–Kier alpha value is -1.00. The molecular formula is C15H22N2OS. The molecule has 1 aliphatic rings. The lowest BCUT2D eigenvalue weighted by atomic mass is 10.2. The minimum Gasteiger partial charge on any atom is -0.339 e. The number of amides is 1. The quantitative estimate of drug-likeness (QED) is 0.778. The maximum absolute atomic E-state index is 12.1. The summed E-state index contributed by atoms with van der Waals surface area (Å²) in [4.78, 5) is 15.3.